The van der Waals surface area contributed by atoms with Crippen LogP contribution in [0.2, 0.25) is 0 Å². The molecule has 1 aliphatic carbocycles. The minimum Gasteiger partial charge on any atom is -0.320 e. The second-order valence-electron chi connectivity index (χ2n) is 4.36. The number of nitrogens with zero attached hydrogens (tertiary/aromatic N) is 3. The first-order valence-corrected chi connectivity index (χ1v) is 5.67. The Morgan fingerprint density at radius 2 is 1.85 bits per heavy atom. The van der Waals surface area contributed by atoms with Gasteiger partial charge in [0.25, 0.3) is 5.92 Å². The molecule has 0 aromatic carbocycles. The molecule has 3 aromatic heterocycles. The third-order valence-electron chi connectivity index (χ3n) is 3.34. The number of halogens is 2. The largest absolute Gasteiger partial charge is 0.320 e. The summed E-state index contributed by atoms with van der Waals surface area (Å²) in [5.74, 6) is -3.12. The second-order valence-corrected chi connectivity index (χ2v) is 4.36. The fourth-order valence-electron chi connectivity index (χ4n) is 2.49. The maximum absolute atomic E-state index is 14.5. The van der Waals surface area contributed by atoms with Crippen molar-refractivity contribution in [3.63, 3.8) is 0 Å². The monoisotopic (exact) mass is 447 g/mol. The summed E-state index contributed by atoms with van der Waals surface area (Å²) in [6, 6.07) is 4.45. The molecule has 0 unspecified atom stereocenters. The minimum atomic E-state index is -3.12. The van der Waals surface area contributed by atoms with Crippen molar-refractivity contribution in [2.75, 3.05) is 0 Å². The van der Waals surface area contributed by atoms with E-state index in [0.717, 1.165) is 0 Å². The van der Waals surface area contributed by atoms with Crippen LogP contribution in [0.1, 0.15) is 11.1 Å². The summed E-state index contributed by atoms with van der Waals surface area (Å²) in [6.07, 6.45) is 6.89. The van der Waals surface area contributed by atoms with Crippen LogP contribution in [0.3, 0.4) is 0 Å². The molecule has 6 heteroatoms. The first-order chi connectivity index (χ1) is 9.19. The Kier molecular flexibility index (Phi) is 2.88. The van der Waals surface area contributed by atoms with Gasteiger partial charge < -0.3 is 4.98 Å². The molecule has 101 valence electrons. The van der Waals surface area contributed by atoms with Crippen LogP contribution in [0, 0.1) is 6.07 Å². The molecule has 0 fully saturated rings. The molecule has 0 atom stereocenters. The first kappa shape index (κ1) is 13.2. The van der Waals surface area contributed by atoms with Gasteiger partial charge in [-0.1, -0.05) is 5.56 Å². The van der Waals surface area contributed by atoms with Crippen LogP contribution >= 0.6 is 0 Å². The standard InChI is InChI=1S/C14H6F2N3.Ir/c15-14(16)10-6-17-3-2-9(10)13-12-8(1-4-19-13)5-18-7-11(12)14;/h1,3-7H;/q-1;. The van der Waals surface area contributed by atoms with E-state index < -0.39 is 5.92 Å². The van der Waals surface area contributed by atoms with Gasteiger partial charge in [0.1, 0.15) is 0 Å². The van der Waals surface area contributed by atoms with Crippen molar-refractivity contribution >= 4 is 10.8 Å². The fourth-order valence-corrected chi connectivity index (χ4v) is 2.49. The molecule has 1 aliphatic rings. The van der Waals surface area contributed by atoms with Crippen molar-refractivity contribution in [1.29, 1.82) is 0 Å². The summed E-state index contributed by atoms with van der Waals surface area (Å²) in [5, 5.41) is 1.09. The number of rotatable bonds is 0. The third kappa shape index (κ3) is 1.55. The molecule has 0 saturated heterocycles. The van der Waals surface area contributed by atoms with Gasteiger partial charge in [-0.15, -0.1) is 0 Å². The summed E-state index contributed by atoms with van der Waals surface area (Å²) in [4.78, 5) is 11.9. The van der Waals surface area contributed by atoms with E-state index in [1.165, 1.54) is 18.6 Å². The molecule has 20 heavy (non-hydrogen) atoms. The van der Waals surface area contributed by atoms with Crippen molar-refractivity contribution in [3.05, 3.63) is 54.2 Å². The van der Waals surface area contributed by atoms with E-state index in [0.29, 0.717) is 22.0 Å². The van der Waals surface area contributed by atoms with Gasteiger partial charge in [-0.05, 0) is 34.9 Å². The summed E-state index contributed by atoms with van der Waals surface area (Å²) < 4.78 is 29.0. The molecule has 0 N–H and O–H groups in total. The van der Waals surface area contributed by atoms with Crippen LogP contribution in [-0.4, -0.2) is 15.0 Å². The van der Waals surface area contributed by atoms with Crippen LogP contribution in [0.25, 0.3) is 22.0 Å². The van der Waals surface area contributed by atoms with Gasteiger partial charge in [0.15, 0.2) is 0 Å². The third-order valence-corrected chi connectivity index (χ3v) is 3.34. The Morgan fingerprint density at radius 3 is 2.70 bits per heavy atom. The van der Waals surface area contributed by atoms with Gasteiger partial charge >= 0.3 is 0 Å². The van der Waals surface area contributed by atoms with Crippen molar-refractivity contribution in [2.45, 2.75) is 5.92 Å². The van der Waals surface area contributed by atoms with E-state index in [9.17, 15) is 8.78 Å². The number of fused-ring (bicyclic) bond motifs is 2. The topological polar surface area (TPSA) is 38.7 Å². The summed E-state index contributed by atoms with van der Waals surface area (Å²) in [5.41, 5.74) is 0.528. The van der Waals surface area contributed by atoms with E-state index in [-0.39, 0.29) is 31.2 Å². The van der Waals surface area contributed by atoms with Gasteiger partial charge in [0.05, 0.1) is 0 Å². The SMILES string of the molecule is FC1(F)c2cnc[c-]c2-c2nccc3cncc1c23.[Ir]. The molecular formula is C14H6F2IrN3-. The summed E-state index contributed by atoms with van der Waals surface area (Å²) in [6.45, 7) is 0. The molecule has 3 aromatic rings. The van der Waals surface area contributed by atoms with Gasteiger partial charge in [-0.25, -0.2) is 8.78 Å². The zero-order chi connectivity index (χ0) is 13.0. The normalized spacial score (nSPS) is 14.5. The minimum absolute atomic E-state index is 0. The Morgan fingerprint density at radius 1 is 1.05 bits per heavy atom. The van der Waals surface area contributed by atoms with E-state index >= 15 is 0 Å². The smallest absolute Gasteiger partial charge is 0.259 e. The number of pyridine rings is 3. The Hall–Kier alpha value is -1.78. The maximum Gasteiger partial charge on any atom is 0.259 e. The van der Waals surface area contributed by atoms with Crippen LogP contribution in [0.4, 0.5) is 8.78 Å². The number of hydrogen-bond donors (Lipinski definition) is 0. The average Bonchev–Trinajstić information content (AvgIpc) is 2.45. The molecule has 0 amide bonds. The summed E-state index contributed by atoms with van der Waals surface area (Å²) >= 11 is 0. The number of alkyl halides is 2. The predicted molar refractivity (Wildman–Crippen MR) is 64.6 cm³/mol. The van der Waals surface area contributed by atoms with Crippen molar-refractivity contribution < 1.29 is 28.9 Å². The second kappa shape index (κ2) is 4.36. The van der Waals surface area contributed by atoms with Gasteiger partial charge in [0.2, 0.25) is 0 Å². The van der Waals surface area contributed by atoms with Gasteiger partial charge in [-0.3, -0.25) is 9.97 Å². The molecule has 0 saturated carbocycles. The van der Waals surface area contributed by atoms with E-state index in [2.05, 4.69) is 21.0 Å². The molecule has 0 bridgehead atoms. The Balaban J connectivity index is 0.00000121. The zero-order valence-corrected chi connectivity index (χ0v) is 12.3. The molecule has 4 rings (SSSR count). The maximum atomic E-state index is 14.5. The van der Waals surface area contributed by atoms with Gasteiger partial charge in [0, 0.05) is 44.3 Å². The summed E-state index contributed by atoms with van der Waals surface area (Å²) in [7, 11) is 0. The molecule has 0 aliphatic heterocycles. The van der Waals surface area contributed by atoms with Gasteiger partial charge in [-0.2, -0.15) is 11.6 Å². The molecule has 0 spiro atoms. The first-order valence-electron chi connectivity index (χ1n) is 5.67. The quantitative estimate of drug-likeness (QED) is 0.499. The molecule has 1 radical (unpaired) electrons. The van der Waals surface area contributed by atoms with E-state index in [4.69, 9.17) is 0 Å². The van der Waals surface area contributed by atoms with Crippen LogP contribution in [-0.2, 0) is 26.0 Å². The number of hydrogen-bond acceptors (Lipinski definition) is 3. The predicted octanol–water partition coefficient (Wildman–Crippen LogP) is 2.94. The average molecular weight is 446 g/mol. The van der Waals surface area contributed by atoms with E-state index in [1.54, 1.807) is 18.5 Å². The van der Waals surface area contributed by atoms with Crippen molar-refractivity contribution in [3.8, 4) is 11.3 Å². The fraction of sp³-hybridized carbons (Fsp3) is 0.0714. The van der Waals surface area contributed by atoms with Crippen LogP contribution in [0.5, 0.6) is 0 Å². The Bertz CT molecular complexity index is 815. The van der Waals surface area contributed by atoms with Crippen LogP contribution in [0.15, 0.2) is 37.1 Å². The molecule has 3 nitrogen and oxygen atoms in total. The Labute approximate surface area is 126 Å². The number of aromatic nitrogens is 3. The molecular weight excluding hydrogens is 440 g/mol. The van der Waals surface area contributed by atoms with Crippen molar-refractivity contribution in [1.82, 2.24) is 15.0 Å². The van der Waals surface area contributed by atoms with Crippen molar-refractivity contribution in [2.24, 2.45) is 0 Å². The van der Waals surface area contributed by atoms with Crippen LogP contribution < -0.4 is 0 Å². The zero-order valence-electron chi connectivity index (χ0n) is 9.90. The van der Waals surface area contributed by atoms with E-state index in [1.807, 2.05) is 0 Å². The molecule has 3 heterocycles.